The van der Waals surface area contributed by atoms with E-state index in [1.807, 2.05) is 6.92 Å². The minimum atomic E-state index is -0.762. The predicted molar refractivity (Wildman–Crippen MR) is 94.0 cm³/mol. The lowest BCUT2D eigenvalue weighted by atomic mass is 9.86. The summed E-state index contributed by atoms with van der Waals surface area (Å²) in [5, 5.41) is 12.0. The van der Waals surface area contributed by atoms with E-state index in [2.05, 4.69) is 50.4 Å². The summed E-state index contributed by atoms with van der Waals surface area (Å²) in [6, 6.07) is 8.13. The van der Waals surface area contributed by atoms with Crippen LogP contribution in [0.1, 0.15) is 57.7 Å². The van der Waals surface area contributed by atoms with Crippen molar-refractivity contribution in [2.24, 2.45) is 5.92 Å². The van der Waals surface area contributed by atoms with Gasteiger partial charge in [-0.15, -0.1) is 0 Å². The van der Waals surface area contributed by atoms with Crippen LogP contribution in [0.2, 0.25) is 0 Å². The summed E-state index contributed by atoms with van der Waals surface area (Å²) < 4.78 is 0. The summed E-state index contributed by atoms with van der Waals surface area (Å²) in [5.74, 6) is -1.08. The number of rotatable bonds is 3. The number of aliphatic carboxylic acids is 1. The van der Waals surface area contributed by atoms with Crippen molar-refractivity contribution in [2.75, 3.05) is 13.1 Å². The minimum Gasteiger partial charge on any atom is -0.481 e. The Labute approximate surface area is 144 Å². The van der Waals surface area contributed by atoms with E-state index in [4.69, 9.17) is 5.11 Å². The van der Waals surface area contributed by atoms with Crippen molar-refractivity contribution in [3.8, 4) is 0 Å². The van der Waals surface area contributed by atoms with Gasteiger partial charge in [0.15, 0.2) is 0 Å². The fraction of sp³-hybridized carbons (Fsp3) is 0.579. The van der Waals surface area contributed by atoms with Crippen molar-refractivity contribution in [1.29, 1.82) is 0 Å². The Hall–Kier alpha value is -2.04. The second-order valence-corrected chi connectivity index (χ2v) is 7.64. The molecule has 1 atom stereocenters. The van der Waals surface area contributed by atoms with E-state index in [1.54, 1.807) is 4.90 Å². The van der Waals surface area contributed by atoms with Crippen LogP contribution >= 0.6 is 0 Å². The molecule has 0 spiro atoms. The molecule has 1 heterocycles. The molecule has 5 nitrogen and oxygen atoms in total. The van der Waals surface area contributed by atoms with Crippen LogP contribution in [0.3, 0.4) is 0 Å². The number of amides is 2. The van der Waals surface area contributed by atoms with Crippen molar-refractivity contribution in [2.45, 2.75) is 52.0 Å². The first-order chi connectivity index (χ1) is 11.2. The van der Waals surface area contributed by atoms with Gasteiger partial charge in [0.2, 0.25) is 0 Å². The fourth-order valence-corrected chi connectivity index (χ4v) is 2.96. The Kier molecular flexibility index (Phi) is 5.52. The van der Waals surface area contributed by atoms with Crippen LogP contribution in [-0.4, -0.2) is 35.1 Å². The number of nitrogens with one attached hydrogen (secondary N) is 1. The molecule has 2 rings (SSSR count). The van der Waals surface area contributed by atoms with Gasteiger partial charge in [-0.05, 0) is 36.3 Å². The molecule has 0 aliphatic carbocycles. The van der Waals surface area contributed by atoms with Crippen molar-refractivity contribution in [1.82, 2.24) is 10.2 Å². The molecule has 0 aromatic heterocycles. The van der Waals surface area contributed by atoms with Crippen LogP contribution in [0, 0.1) is 5.92 Å². The molecule has 1 unspecified atom stereocenters. The molecule has 2 amide bonds. The summed E-state index contributed by atoms with van der Waals surface area (Å²) in [6.07, 6.45) is 1.05. The molecule has 1 saturated heterocycles. The van der Waals surface area contributed by atoms with Crippen molar-refractivity contribution in [3.05, 3.63) is 35.4 Å². The molecule has 132 valence electrons. The lowest BCUT2D eigenvalue weighted by Crippen LogP contribution is -2.46. The van der Waals surface area contributed by atoms with Crippen molar-refractivity contribution in [3.63, 3.8) is 0 Å². The standard InChI is InChI=1S/C19H28N2O3/c1-13(14-5-7-16(8-6-14)19(2,3)4)20-18(24)21-11-9-15(10-12-21)17(22)23/h5-8,13,15H,9-12H2,1-4H3,(H,20,24)(H,22,23). The normalized spacial score (nSPS) is 17.4. The third-order valence-corrected chi connectivity index (χ3v) is 4.75. The topological polar surface area (TPSA) is 69.6 Å². The number of piperidine rings is 1. The molecule has 0 bridgehead atoms. The molecule has 1 aromatic carbocycles. The number of hydrogen-bond donors (Lipinski definition) is 2. The number of carboxylic acid groups (broad SMARTS) is 1. The monoisotopic (exact) mass is 332 g/mol. The number of likely N-dealkylation sites (tertiary alicyclic amines) is 1. The number of carbonyl (C=O) groups excluding carboxylic acids is 1. The minimum absolute atomic E-state index is 0.0799. The highest BCUT2D eigenvalue weighted by Crippen LogP contribution is 2.24. The fourth-order valence-electron chi connectivity index (χ4n) is 2.96. The lowest BCUT2D eigenvalue weighted by Gasteiger charge is -2.31. The van der Waals surface area contributed by atoms with E-state index in [1.165, 1.54) is 5.56 Å². The Balaban J connectivity index is 1.91. The summed E-state index contributed by atoms with van der Waals surface area (Å²) in [4.78, 5) is 25.0. The molecule has 2 N–H and O–H groups in total. The van der Waals surface area contributed by atoms with Gasteiger partial charge in [0.1, 0.15) is 0 Å². The van der Waals surface area contributed by atoms with Gasteiger partial charge in [0.05, 0.1) is 12.0 Å². The molecule has 5 heteroatoms. The van der Waals surface area contributed by atoms with E-state index >= 15 is 0 Å². The predicted octanol–water partition coefficient (Wildman–Crippen LogP) is 3.55. The number of hydrogen-bond acceptors (Lipinski definition) is 2. The maximum atomic E-state index is 12.4. The third kappa shape index (κ3) is 4.49. The molecular formula is C19H28N2O3. The first-order valence-electron chi connectivity index (χ1n) is 8.57. The van der Waals surface area contributed by atoms with E-state index in [0.717, 1.165) is 5.56 Å². The molecule has 1 aliphatic heterocycles. The maximum absolute atomic E-state index is 12.4. The van der Waals surface area contributed by atoms with Gasteiger partial charge in [-0.3, -0.25) is 4.79 Å². The zero-order valence-electron chi connectivity index (χ0n) is 15.0. The highest BCUT2D eigenvalue weighted by molar-refractivity contribution is 5.75. The second-order valence-electron chi connectivity index (χ2n) is 7.64. The first kappa shape index (κ1) is 18.3. The molecule has 1 fully saturated rings. The molecule has 0 saturated carbocycles. The van der Waals surface area contributed by atoms with E-state index in [-0.39, 0.29) is 23.4 Å². The number of carboxylic acids is 1. The summed E-state index contributed by atoms with van der Waals surface area (Å²) in [6.45, 7) is 9.49. The van der Waals surface area contributed by atoms with Crippen molar-refractivity contribution >= 4 is 12.0 Å². The summed E-state index contributed by atoms with van der Waals surface area (Å²) >= 11 is 0. The summed E-state index contributed by atoms with van der Waals surface area (Å²) in [7, 11) is 0. The van der Waals surface area contributed by atoms with Gasteiger partial charge < -0.3 is 15.3 Å². The largest absolute Gasteiger partial charge is 0.481 e. The number of carbonyl (C=O) groups is 2. The zero-order valence-corrected chi connectivity index (χ0v) is 15.0. The molecule has 1 aromatic rings. The van der Waals surface area contributed by atoms with Gasteiger partial charge in [0, 0.05) is 13.1 Å². The van der Waals surface area contributed by atoms with Gasteiger partial charge in [-0.2, -0.15) is 0 Å². The number of urea groups is 1. The van der Waals surface area contributed by atoms with Gasteiger partial charge in [-0.1, -0.05) is 45.0 Å². The molecule has 24 heavy (non-hydrogen) atoms. The highest BCUT2D eigenvalue weighted by atomic mass is 16.4. The number of benzene rings is 1. The van der Waals surface area contributed by atoms with Gasteiger partial charge in [0.25, 0.3) is 0 Å². The summed E-state index contributed by atoms with van der Waals surface area (Å²) in [5.41, 5.74) is 2.44. The lowest BCUT2D eigenvalue weighted by molar-refractivity contribution is -0.143. The average Bonchev–Trinajstić information content (AvgIpc) is 2.54. The quantitative estimate of drug-likeness (QED) is 0.889. The van der Waals surface area contributed by atoms with E-state index in [0.29, 0.717) is 25.9 Å². The highest BCUT2D eigenvalue weighted by Gasteiger charge is 2.27. The van der Waals surface area contributed by atoms with Crippen LogP contribution < -0.4 is 5.32 Å². The van der Waals surface area contributed by atoms with Crippen LogP contribution in [-0.2, 0) is 10.2 Å². The van der Waals surface area contributed by atoms with Crippen LogP contribution in [0.15, 0.2) is 24.3 Å². The second kappa shape index (κ2) is 7.24. The average molecular weight is 332 g/mol. The Bertz CT molecular complexity index is 582. The van der Waals surface area contributed by atoms with Gasteiger partial charge in [-0.25, -0.2) is 4.79 Å². The Morgan fingerprint density at radius 3 is 2.17 bits per heavy atom. The van der Waals surface area contributed by atoms with Crippen LogP contribution in [0.5, 0.6) is 0 Å². The SMILES string of the molecule is CC(NC(=O)N1CCC(C(=O)O)CC1)c1ccc(C(C)(C)C)cc1. The zero-order chi connectivity index (χ0) is 17.9. The third-order valence-electron chi connectivity index (χ3n) is 4.75. The smallest absolute Gasteiger partial charge is 0.317 e. The Morgan fingerprint density at radius 1 is 1.17 bits per heavy atom. The molecule has 1 aliphatic rings. The molecular weight excluding hydrogens is 304 g/mol. The van der Waals surface area contributed by atoms with Crippen LogP contribution in [0.25, 0.3) is 0 Å². The first-order valence-corrected chi connectivity index (χ1v) is 8.57. The Morgan fingerprint density at radius 2 is 1.71 bits per heavy atom. The van der Waals surface area contributed by atoms with Crippen LogP contribution in [0.4, 0.5) is 4.79 Å². The number of nitrogens with zero attached hydrogens (tertiary/aromatic N) is 1. The van der Waals surface area contributed by atoms with E-state index < -0.39 is 5.97 Å². The van der Waals surface area contributed by atoms with Gasteiger partial charge >= 0.3 is 12.0 Å². The van der Waals surface area contributed by atoms with E-state index in [9.17, 15) is 9.59 Å². The molecule has 0 radical (unpaired) electrons. The maximum Gasteiger partial charge on any atom is 0.317 e. The van der Waals surface area contributed by atoms with Crippen molar-refractivity contribution < 1.29 is 14.7 Å².